The molecule has 0 atom stereocenters. The van der Waals surface area contributed by atoms with Crippen molar-refractivity contribution in [3.05, 3.63) is 47.2 Å². The summed E-state index contributed by atoms with van der Waals surface area (Å²) in [5.74, 6) is 0.850. The standard InChI is InChI=1S/C16H17ClN2O3/c1-2-21-10-16(20)19-12-4-3-5-13(9-12)22-15-7-6-11(18)8-14(15)17/h3-8H,2,9-10,18H2,1H3. The number of rotatable bonds is 5. The number of carbonyl (C=O) groups excluding carboxylic acids is 1. The van der Waals surface area contributed by atoms with Crippen molar-refractivity contribution in [3.63, 3.8) is 0 Å². The molecule has 0 fully saturated rings. The Morgan fingerprint density at radius 3 is 3.00 bits per heavy atom. The maximum absolute atomic E-state index is 11.6. The van der Waals surface area contributed by atoms with Gasteiger partial charge >= 0.3 is 0 Å². The predicted octanol–water partition coefficient (Wildman–Crippen LogP) is 3.15. The molecule has 0 radical (unpaired) electrons. The summed E-state index contributed by atoms with van der Waals surface area (Å²) in [7, 11) is 0. The van der Waals surface area contributed by atoms with Crippen molar-refractivity contribution in [2.75, 3.05) is 18.9 Å². The number of anilines is 1. The van der Waals surface area contributed by atoms with E-state index in [9.17, 15) is 4.79 Å². The number of amides is 1. The molecule has 1 aromatic rings. The minimum absolute atomic E-state index is 0.0163. The van der Waals surface area contributed by atoms with Crippen LogP contribution in [0, 0.1) is 0 Å². The maximum atomic E-state index is 11.6. The van der Waals surface area contributed by atoms with Crippen LogP contribution in [0.4, 0.5) is 5.69 Å². The van der Waals surface area contributed by atoms with Crippen LogP contribution >= 0.6 is 11.6 Å². The van der Waals surface area contributed by atoms with Gasteiger partial charge in [-0.05, 0) is 37.3 Å². The van der Waals surface area contributed by atoms with Crippen LogP contribution in [0.15, 0.2) is 47.2 Å². The number of benzene rings is 1. The van der Waals surface area contributed by atoms with Crippen LogP contribution in [-0.4, -0.2) is 24.8 Å². The molecular weight excluding hydrogens is 304 g/mol. The topological polar surface area (TPSA) is 73.9 Å². The fraction of sp³-hybridized carbons (Fsp3) is 0.250. The molecule has 0 bridgehead atoms. The molecular formula is C16H17ClN2O3. The Labute approximate surface area is 134 Å². The Morgan fingerprint density at radius 2 is 2.27 bits per heavy atom. The number of hydrogen-bond donors (Lipinski definition) is 1. The first-order valence-electron chi connectivity index (χ1n) is 6.86. The van der Waals surface area contributed by atoms with Gasteiger partial charge in [-0.15, -0.1) is 0 Å². The molecule has 1 aromatic carbocycles. The van der Waals surface area contributed by atoms with Crippen molar-refractivity contribution in [2.24, 2.45) is 4.99 Å². The Morgan fingerprint density at radius 1 is 1.45 bits per heavy atom. The van der Waals surface area contributed by atoms with E-state index in [1.165, 1.54) is 0 Å². The number of aliphatic imine (C=N–C) groups is 1. The van der Waals surface area contributed by atoms with Gasteiger partial charge in [0.1, 0.15) is 18.1 Å². The Kier molecular flexibility index (Phi) is 5.75. The van der Waals surface area contributed by atoms with Gasteiger partial charge in [-0.2, -0.15) is 0 Å². The van der Waals surface area contributed by atoms with E-state index in [0.717, 1.165) is 0 Å². The van der Waals surface area contributed by atoms with E-state index >= 15 is 0 Å². The van der Waals surface area contributed by atoms with Crippen molar-refractivity contribution in [1.29, 1.82) is 0 Å². The smallest absolute Gasteiger partial charge is 0.271 e. The molecule has 1 aliphatic carbocycles. The molecule has 2 rings (SSSR count). The third-order valence-electron chi connectivity index (χ3n) is 2.82. The van der Waals surface area contributed by atoms with E-state index in [4.69, 9.17) is 26.8 Å². The zero-order valence-corrected chi connectivity index (χ0v) is 13.0. The number of allylic oxidation sites excluding steroid dienone is 4. The van der Waals surface area contributed by atoms with Crippen molar-refractivity contribution in [1.82, 2.24) is 0 Å². The van der Waals surface area contributed by atoms with Gasteiger partial charge in [0.05, 0.1) is 10.7 Å². The van der Waals surface area contributed by atoms with Gasteiger partial charge < -0.3 is 15.2 Å². The van der Waals surface area contributed by atoms with Crippen LogP contribution in [0.2, 0.25) is 5.02 Å². The summed E-state index contributed by atoms with van der Waals surface area (Å²) in [6.45, 7) is 2.29. The van der Waals surface area contributed by atoms with E-state index < -0.39 is 0 Å². The lowest BCUT2D eigenvalue weighted by atomic mass is 10.1. The summed E-state index contributed by atoms with van der Waals surface area (Å²) in [4.78, 5) is 15.6. The molecule has 6 heteroatoms. The highest BCUT2D eigenvalue weighted by Crippen LogP contribution is 2.29. The van der Waals surface area contributed by atoms with Crippen LogP contribution in [0.1, 0.15) is 13.3 Å². The molecule has 0 aromatic heterocycles. The predicted molar refractivity (Wildman–Crippen MR) is 87.3 cm³/mol. The minimum atomic E-state index is -0.312. The van der Waals surface area contributed by atoms with Crippen LogP contribution < -0.4 is 10.5 Å². The van der Waals surface area contributed by atoms with E-state index in [2.05, 4.69) is 4.99 Å². The molecule has 0 spiro atoms. The number of halogens is 1. The van der Waals surface area contributed by atoms with Crippen molar-refractivity contribution in [3.8, 4) is 5.75 Å². The number of carbonyl (C=O) groups is 1. The van der Waals surface area contributed by atoms with Crippen molar-refractivity contribution in [2.45, 2.75) is 13.3 Å². The number of hydrogen-bond acceptors (Lipinski definition) is 4. The summed E-state index contributed by atoms with van der Waals surface area (Å²) in [6.07, 6.45) is 5.76. The average molecular weight is 321 g/mol. The SMILES string of the molecule is CCOCC(=O)N=C1C=CC=C(Oc2ccc(N)cc2Cl)C1. The fourth-order valence-corrected chi connectivity index (χ4v) is 2.06. The van der Waals surface area contributed by atoms with Gasteiger partial charge in [-0.3, -0.25) is 4.79 Å². The third-order valence-corrected chi connectivity index (χ3v) is 3.12. The first-order valence-corrected chi connectivity index (χ1v) is 7.24. The zero-order chi connectivity index (χ0) is 15.9. The monoisotopic (exact) mass is 320 g/mol. The van der Waals surface area contributed by atoms with Crippen molar-refractivity contribution >= 4 is 28.9 Å². The van der Waals surface area contributed by atoms with Crippen LogP contribution in [0.25, 0.3) is 0 Å². The molecule has 5 nitrogen and oxygen atoms in total. The van der Waals surface area contributed by atoms with Gasteiger partial charge in [0.25, 0.3) is 5.91 Å². The second-order valence-electron chi connectivity index (χ2n) is 4.59. The lowest BCUT2D eigenvalue weighted by Gasteiger charge is -2.14. The highest BCUT2D eigenvalue weighted by molar-refractivity contribution is 6.32. The molecule has 2 N–H and O–H groups in total. The molecule has 22 heavy (non-hydrogen) atoms. The molecule has 116 valence electrons. The number of nitrogens with two attached hydrogens (primary N) is 1. The third kappa shape index (κ3) is 4.72. The summed E-state index contributed by atoms with van der Waals surface area (Å²) < 4.78 is 10.8. The number of ether oxygens (including phenoxy) is 2. The van der Waals surface area contributed by atoms with Gasteiger partial charge in [-0.1, -0.05) is 17.7 Å². The molecule has 0 heterocycles. The maximum Gasteiger partial charge on any atom is 0.271 e. The summed E-state index contributed by atoms with van der Waals surface area (Å²) in [6, 6.07) is 5.03. The summed E-state index contributed by atoms with van der Waals surface area (Å²) in [5, 5.41) is 0.432. The fourth-order valence-electron chi connectivity index (χ4n) is 1.83. The molecule has 0 saturated heterocycles. The quantitative estimate of drug-likeness (QED) is 0.846. The van der Waals surface area contributed by atoms with Crippen LogP contribution in [0.3, 0.4) is 0 Å². The number of nitrogens with zero attached hydrogens (tertiary/aromatic N) is 1. The van der Waals surface area contributed by atoms with E-state index in [1.54, 1.807) is 36.4 Å². The van der Waals surface area contributed by atoms with Gasteiger partial charge in [0.15, 0.2) is 0 Å². The summed E-state index contributed by atoms with van der Waals surface area (Å²) >= 11 is 6.08. The second kappa shape index (κ2) is 7.77. The first kappa shape index (κ1) is 16.3. The molecule has 0 unspecified atom stereocenters. The highest BCUT2D eigenvalue weighted by Gasteiger charge is 2.12. The van der Waals surface area contributed by atoms with E-state index in [0.29, 0.717) is 41.0 Å². The normalized spacial score (nSPS) is 15.7. The van der Waals surface area contributed by atoms with E-state index in [1.807, 2.05) is 6.92 Å². The molecule has 0 aliphatic heterocycles. The van der Waals surface area contributed by atoms with Gasteiger partial charge in [0, 0.05) is 18.7 Å². The molecule has 1 aliphatic rings. The van der Waals surface area contributed by atoms with Crippen LogP contribution in [-0.2, 0) is 9.53 Å². The summed E-state index contributed by atoms with van der Waals surface area (Å²) in [5.41, 5.74) is 6.83. The van der Waals surface area contributed by atoms with Crippen molar-refractivity contribution < 1.29 is 14.3 Å². The van der Waals surface area contributed by atoms with Gasteiger partial charge in [-0.25, -0.2) is 4.99 Å². The van der Waals surface area contributed by atoms with Gasteiger partial charge in [0.2, 0.25) is 0 Å². The Bertz CT molecular complexity index is 651. The molecule has 0 saturated carbocycles. The van der Waals surface area contributed by atoms with Crippen LogP contribution in [0.5, 0.6) is 5.75 Å². The Balaban J connectivity index is 2.02. The zero-order valence-electron chi connectivity index (χ0n) is 12.2. The number of nitrogen functional groups attached to an aromatic ring is 1. The highest BCUT2D eigenvalue weighted by atomic mass is 35.5. The largest absolute Gasteiger partial charge is 0.460 e. The van der Waals surface area contributed by atoms with E-state index in [-0.39, 0.29) is 12.5 Å². The minimum Gasteiger partial charge on any atom is -0.460 e. The average Bonchev–Trinajstić information content (AvgIpc) is 2.48. The second-order valence-corrected chi connectivity index (χ2v) is 5.00. The molecule has 1 amide bonds. The first-order chi connectivity index (χ1) is 10.6. The lowest BCUT2D eigenvalue weighted by molar-refractivity contribution is -0.122. The lowest BCUT2D eigenvalue weighted by Crippen LogP contribution is -2.12. The Hall–Kier alpha value is -2.11.